The van der Waals surface area contributed by atoms with E-state index >= 15 is 0 Å². The second-order valence-electron chi connectivity index (χ2n) is 14.7. The summed E-state index contributed by atoms with van der Waals surface area (Å²) in [7, 11) is 0. The molecule has 0 aliphatic rings. The quantitative estimate of drug-likeness (QED) is 0.168. The van der Waals surface area contributed by atoms with Crippen molar-refractivity contribution in [2.75, 3.05) is 0 Å². The fourth-order valence-corrected chi connectivity index (χ4v) is 8.96. The number of furan rings is 1. The molecule has 5 heteroatoms. The van der Waals surface area contributed by atoms with Crippen molar-refractivity contribution in [1.29, 1.82) is 0 Å². The van der Waals surface area contributed by atoms with Gasteiger partial charge in [0.15, 0.2) is 17.5 Å². The summed E-state index contributed by atoms with van der Waals surface area (Å²) in [6, 6.07) is 52.7. The van der Waals surface area contributed by atoms with Gasteiger partial charge in [-0.05, 0) is 80.5 Å². The van der Waals surface area contributed by atoms with Crippen LogP contribution in [0, 0.1) is 0 Å². The van der Waals surface area contributed by atoms with Gasteiger partial charge in [0.05, 0.1) is 8.22 Å². The van der Waals surface area contributed by atoms with E-state index in [2.05, 4.69) is 24.3 Å². The predicted octanol–water partition coefficient (Wildman–Crippen LogP) is 15.3. The molecule has 9 aromatic carbocycles. The molecule has 0 bridgehead atoms. The molecule has 0 aliphatic heterocycles. The highest BCUT2D eigenvalue weighted by Gasteiger charge is 2.16. The number of rotatable bonds is 6. The van der Waals surface area contributed by atoms with Gasteiger partial charge in [-0.1, -0.05) is 164 Å². The van der Waals surface area contributed by atoms with E-state index in [4.69, 9.17) is 20.7 Å². The minimum absolute atomic E-state index is 0.0388. The molecule has 0 amide bonds. The molecule has 0 N–H and O–H groups in total. The Morgan fingerprint density at radius 3 is 1.77 bits per heavy atom. The summed E-state index contributed by atoms with van der Waals surface area (Å²) in [5.41, 5.74) is 7.69. The third kappa shape index (κ3) is 5.95. The van der Waals surface area contributed by atoms with E-state index < -0.39 is 0 Å². The van der Waals surface area contributed by atoms with Crippen LogP contribution < -0.4 is 0 Å². The van der Waals surface area contributed by atoms with Crippen LogP contribution in [0.2, 0.25) is 0 Å². The van der Waals surface area contributed by atoms with Crippen molar-refractivity contribution in [2.24, 2.45) is 0 Å². The molecule has 0 fully saturated rings. The summed E-state index contributed by atoms with van der Waals surface area (Å²) in [5.74, 6) is 0.725. The monoisotopic (exact) mass is 789 g/mol. The van der Waals surface area contributed by atoms with Crippen LogP contribution in [-0.4, -0.2) is 15.0 Å². The minimum atomic E-state index is -0.285. The maximum absolute atomic E-state index is 9.69. The van der Waals surface area contributed by atoms with Crippen LogP contribution in [-0.2, 0) is 0 Å². The molecule has 3 aromatic heterocycles. The van der Waals surface area contributed by atoms with Crippen molar-refractivity contribution in [3.63, 3.8) is 0 Å². The van der Waals surface area contributed by atoms with Crippen LogP contribution in [0.4, 0.5) is 0 Å². The second-order valence-corrected chi connectivity index (χ2v) is 15.7. The number of para-hydroxylation sites is 1. The first kappa shape index (κ1) is 28.6. The van der Waals surface area contributed by atoms with Gasteiger partial charge in [-0.3, -0.25) is 0 Å². The van der Waals surface area contributed by atoms with E-state index in [1.807, 2.05) is 133 Å². The average molecular weight is 790 g/mol. The van der Waals surface area contributed by atoms with Gasteiger partial charge in [-0.25, -0.2) is 15.0 Å². The number of hydrogen-bond donors (Lipinski definition) is 0. The molecule has 12 rings (SSSR count). The summed E-state index contributed by atoms with van der Waals surface area (Å²) in [4.78, 5) is 14.8. The Morgan fingerprint density at radius 2 is 0.967 bits per heavy atom. The van der Waals surface area contributed by atoms with Crippen molar-refractivity contribution < 1.29 is 12.6 Å². The topological polar surface area (TPSA) is 51.8 Å². The van der Waals surface area contributed by atoms with E-state index in [-0.39, 0.29) is 64.0 Å². The van der Waals surface area contributed by atoms with Gasteiger partial charge >= 0.3 is 0 Å². The molecule has 0 radical (unpaired) electrons. The van der Waals surface area contributed by atoms with E-state index in [0.29, 0.717) is 43.3 Å². The zero-order valence-electron chi connectivity index (χ0n) is 37.7. The lowest BCUT2D eigenvalue weighted by atomic mass is 9.97. The smallest absolute Gasteiger partial charge is 0.164 e. The van der Waals surface area contributed by atoms with Gasteiger partial charge in [-0.2, -0.15) is 0 Å². The lowest BCUT2D eigenvalue weighted by molar-refractivity contribution is 0.669. The predicted molar refractivity (Wildman–Crippen MR) is 250 cm³/mol. The zero-order chi connectivity index (χ0) is 44.8. The van der Waals surface area contributed by atoms with E-state index in [1.54, 1.807) is 6.07 Å². The molecular weight excluding hydrogens is 751 g/mol. The lowest BCUT2D eigenvalue weighted by Crippen LogP contribution is -2.00. The molecule has 0 spiro atoms. The molecule has 0 saturated heterocycles. The number of thiophene rings is 1. The van der Waals surface area contributed by atoms with E-state index in [1.165, 1.54) is 0 Å². The van der Waals surface area contributed by atoms with Crippen molar-refractivity contribution in [3.8, 4) is 67.5 Å². The number of benzene rings is 9. The summed E-state index contributed by atoms with van der Waals surface area (Å²) >= 11 is 1.08. The Morgan fingerprint density at radius 1 is 0.367 bits per heavy atom. The Hall–Kier alpha value is -7.73. The third-order valence-corrected chi connectivity index (χ3v) is 12.1. The SMILES string of the molecule is [2H]c1c(-c2ccc3c(c2)oc2ccccc23)c([2H])c2c(sc3c([2H])c(-c4nc(-c5ccc(-c6ccccc6)cc5)nc(-c5ccc(-c6cccc7ccccc67)cc5)n4)c([2H])c([2H])c32)c1[2H]. The molecule has 0 saturated carbocycles. The van der Waals surface area contributed by atoms with Crippen LogP contribution in [0.15, 0.2) is 204 Å². The average Bonchev–Trinajstić information content (AvgIpc) is 3.95. The Kier molecular flexibility index (Phi) is 6.67. The van der Waals surface area contributed by atoms with Crippen molar-refractivity contribution in [2.45, 2.75) is 0 Å². The summed E-state index contributed by atoms with van der Waals surface area (Å²) < 4.78 is 63.4. The Labute approximate surface area is 358 Å². The van der Waals surface area contributed by atoms with Crippen LogP contribution in [0.1, 0.15) is 8.22 Å². The van der Waals surface area contributed by atoms with Gasteiger partial charge in [0.2, 0.25) is 0 Å². The third-order valence-electron chi connectivity index (χ3n) is 11.0. The molecule has 0 atom stereocenters. The van der Waals surface area contributed by atoms with Crippen molar-refractivity contribution >= 4 is 64.2 Å². The largest absolute Gasteiger partial charge is 0.456 e. The number of hydrogen-bond acceptors (Lipinski definition) is 5. The van der Waals surface area contributed by atoms with Crippen molar-refractivity contribution in [1.82, 2.24) is 15.0 Å². The van der Waals surface area contributed by atoms with Crippen LogP contribution in [0.5, 0.6) is 0 Å². The van der Waals surface area contributed by atoms with Gasteiger partial charge in [-0.15, -0.1) is 11.3 Å². The first-order valence-corrected chi connectivity index (χ1v) is 20.4. The summed E-state index contributed by atoms with van der Waals surface area (Å²) in [5, 5.41) is 4.60. The standard InChI is InChI=1S/C55H33N3OS/c1-2-9-34(10-3-1)35-17-21-38(22-18-35)53-56-54(39-23-19-37(20-24-39)44-15-8-12-36-11-4-5-13-43(36)44)58-55(57-53)42-26-29-47-48-31-40(27-30-51(48)60-52(47)33-42)41-25-28-46-45-14-6-7-16-49(45)59-50(46)32-41/h1-33H/i26D,27D,29D,30D,31D,33D. The van der Waals surface area contributed by atoms with Crippen LogP contribution >= 0.6 is 11.3 Å². The Balaban J connectivity index is 1.03. The van der Waals surface area contributed by atoms with Gasteiger partial charge in [0, 0.05) is 47.6 Å². The van der Waals surface area contributed by atoms with E-state index in [0.717, 1.165) is 60.7 Å². The van der Waals surface area contributed by atoms with Crippen LogP contribution in [0.25, 0.3) is 120 Å². The van der Waals surface area contributed by atoms with E-state index in [9.17, 15) is 6.85 Å². The first-order valence-electron chi connectivity index (χ1n) is 22.6. The zero-order valence-corrected chi connectivity index (χ0v) is 32.6. The molecule has 12 aromatic rings. The highest BCUT2D eigenvalue weighted by Crippen LogP contribution is 2.40. The summed E-state index contributed by atoms with van der Waals surface area (Å²) in [6.45, 7) is 0. The molecule has 0 unspecified atom stereocenters. The Bertz CT molecular complexity index is 3940. The second kappa shape index (κ2) is 14.0. The fourth-order valence-electron chi connectivity index (χ4n) is 7.99. The highest BCUT2D eigenvalue weighted by atomic mass is 32.1. The minimum Gasteiger partial charge on any atom is -0.456 e. The molecular formula is C55H33N3OS. The molecule has 60 heavy (non-hydrogen) atoms. The van der Waals surface area contributed by atoms with Crippen molar-refractivity contribution in [3.05, 3.63) is 200 Å². The highest BCUT2D eigenvalue weighted by molar-refractivity contribution is 7.25. The van der Waals surface area contributed by atoms with Gasteiger partial charge < -0.3 is 4.42 Å². The molecule has 280 valence electrons. The number of fused-ring (bicyclic) bond motifs is 7. The number of aromatic nitrogens is 3. The maximum Gasteiger partial charge on any atom is 0.164 e. The molecule has 0 aliphatic carbocycles. The number of nitrogens with zero attached hydrogens (tertiary/aromatic N) is 3. The summed E-state index contributed by atoms with van der Waals surface area (Å²) in [6.07, 6.45) is 0. The lowest BCUT2D eigenvalue weighted by Gasteiger charge is -2.11. The maximum atomic E-state index is 9.69. The first-order chi connectivity index (χ1) is 32.2. The van der Waals surface area contributed by atoms with Gasteiger partial charge in [0.1, 0.15) is 11.2 Å². The fraction of sp³-hybridized carbons (Fsp3) is 0. The molecule has 3 heterocycles. The normalized spacial score (nSPS) is 13.1. The molecule has 4 nitrogen and oxygen atoms in total. The van der Waals surface area contributed by atoms with Gasteiger partial charge in [0.25, 0.3) is 0 Å². The van der Waals surface area contributed by atoms with Crippen LogP contribution in [0.3, 0.4) is 0 Å².